The van der Waals surface area contributed by atoms with Crippen molar-refractivity contribution in [3.05, 3.63) is 70.8 Å². The second kappa shape index (κ2) is 8.87. The first kappa shape index (κ1) is 19.9. The van der Waals surface area contributed by atoms with Crippen molar-refractivity contribution in [3.8, 4) is 0 Å². The van der Waals surface area contributed by atoms with Gasteiger partial charge in [-0.05, 0) is 47.3 Å². The van der Waals surface area contributed by atoms with Crippen molar-refractivity contribution in [1.29, 1.82) is 0 Å². The molecule has 1 aliphatic carbocycles. The minimum absolute atomic E-state index is 0.00565. The van der Waals surface area contributed by atoms with Crippen molar-refractivity contribution < 1.29 is 4.79 Å². The minimum Gasteiger partial charge on any atom is -0.293 e. The van der Waals surface area contributed by atoms with Crippen molar-refractivity contribution in [1.82, 2.24) is 0 Å². The molecule has 1 nitrogen and oxygen atoms in total. The topological polar surface area (TPSA) is 17.1 Å². The Bertz CT molecular complexity index is 751. The zero-order valence-corrected chi connectivity index (χ0v) is 17.4. The van der Waals surface area contributed by atoms with Crippen molar-refractivity contribution >= 4 is 5.78 Å². The fourth-order valence-electron chi connectivity index (χ4n) is 4.58. The summed E-state index contributed by atoms with van der Waals surface area (Å²) in [5.41, 5.74) is 4.66. The van der Waals surface area contributed by atoms with Crippen LogP contribution in [-0.4, -0.2) is 5.78 Å². The van der Waals surface area contributed by atoms with Gasteiger partial charge in [0.2, 0.25) is 0 Å². The molecule has 144 valence electrons. The van der Waals surface area contributed by atoms with E-state index in [2.05, 4.69) is 70.2 Å². The lowest BCUT2D eigenvalue weighted by Gasteiger charge is -2.30. The third-order valence-corrected chi connectivity index (χ3v) is 6.19. The Morgan fingerprint density at radius 2 is 1.48 bits per heavy atom. The molecule has 0 bridgehead atoms. The van der Waals surface area contributed by atoms with E-state index < -0.39 is 0 Å². The maximum atomic E-state index is 13.9. The van der Waals surface area contributed by atoms with E-state index in [1.165, 1.54) is 48.8 Å². The van der Waals surface area contributed by atoms with E-state index >= 15 is 0 Å². The van der Waals surface area contributed by atoms with Gasteiger partial charge in [0.05, 0.1) is 5.92 Å². The van der Waals surface area contributed by atoms with Crippen LogP contribution in [0.3, 0.4) is 0 Å². The van der Waals surface area contributed by atoms with E-state index in [0.29, 0.717) is 23.5 Å². The SMILES string of the molecule is CC(C)c1ccc(C(=O)C(c2ccccc2)C2CCCCC2)c(C(C)C)c1. The van der Waals surface area contributed by atoms with Gasteiger partial charge >= 0.3 is 0 Å². The zero-order chi connectivity index (χ0) is 19.4. The summed E-state index contributed by atoms with van der Waals surface area (Å²) in [5.74, 6) is 1.62. The summed E-state index contributed by atoms with van der Waals surface area (Å²) in [6.45, 7) is 8.84. The van der Waals surface area contributed by atoms with Crippen LogP contribution in [0.5, 0.6) is 0 Å². The van der Waals surface area contributed by atoms with Crippen LogP contribution in [0.25, 0.3) is 0 Å². The summed E-state index contributed by atoms with van der Waals surface area (Å²) in [6.07, 6.45) is 6.17. The molecule has 1 atom stereocenters. The molecule has 0 amide bonds. The lowest BCUT2D eigenvalue weighted by Crippen LogP contribution is -2.25. The number of carbonyl (C=O) groups is 1. The highest BCUT2D eigenvalue weighted by atomic mass is 16.1. The molecule has 1 heteroatoms. The molecule has 3 rings (SSSR count). The Balaban J connectivity index is 2.03. The van der Waals surface area contributed by atoms with Crippen LogP contribution in [0.1, 0.15) is 105 Å². The number of benzene rings is 2. The van der Waals surface area contributed by atoms with E-state index in [4.69, 9.17) is 0 Å². The third-order valence-electron chi connectivity index (χ3n) is 6.19. The molecule has 0 saturated heterocycles. The van der Waals surface area contributed by atoms with Gasteiger partial charge in [0.25, 0.3) is 0 Å². The molecule has 0 aliphatic heterocycles. The van der Waals surface area contributed by atoms with Crippen molar-refractivity contribution in [3.63, 3.8) is 0 Å². The Labute approximate surface area is 165 Å². The lowest BCUT2D eigenvalue weighted by molar-refractivity contribution is 0.0911. The molecule has 1 fully saturated rings. The van der Waals surface area contributed by atoms with Gasteiger partial charge in [0.1, 0.15) is 0 Å². The predicted molar refractivity (Wildman–Crippen MR) is 115 cm³/mol. The molecule has 1 unspecified atom stereocenters. The first-order chi connectivity index (χ1) is 13.0. The molecule has 0 aromatic heterocycles. The van der Waals surface area contributed by atoms with Crippen molar-refractivity contribution in [2.75, 3.05) is 0 Å². The summed E-state index contributed by atoms with van der Waals surface area (Å²) in [6, 6.07) is 17.0. The Hall–Kier alpha value is -1.89. The summed E-state index contributed by atoms with van der Waals surface area (Å²) < 4.78 is 0. The van der Waals surface area contributed by atoms with Crippen molar-refractivity contribution in [2.24, 2.45) is 5.92 Å². The smallest absolute Gasteiger partial charge is 0.170 e. The first-order valence-electron chi connectivity index (χ1n) is 10.7. The van der Waals surface area contributed by atoms with Crippen LogP contribution < -0.4 is 0 Å². The summed E-state index contributed by atoms with van der Waals surface area (Å²) in [4.78, 5) is 13.9. The quantitative estimate of drug-likeness (QED) is 0.487. The second-order valence-corrected chi connectivity index (χ2v) is 8.81. The van der Waals surface area contributed by atoms with Crippen LogP contribution in [0.4, 0.5) is 0 Å². The number of hydrogen-bond donors (Lipinski definition) is 0. The lowest BCUT2D eigenvalue weighted by atomic mass is 9.72. The number of hydrogen-bond acceptors (Lipinski definition) is 1. The molecule has 27 heavy (non-hydrogen) atoms. The van der Waals surface area contributed by atoms with Crippen LogP contribution in [-0.2, 0) is 0 Å². The second-order valence-electron chi connectivity index (χ2n) is 8.81. The highest BCUT2D eigenvalue weighted by Crippen LogP contribution is 2.39. The van der Waals surface area contributed by atoms with Gasteiger partial charge in [-0.1, -0.05) is 95.5 Å². The van der Waals surface area contributed by atoms with E-state index in [1.54, 1.807) is 0 Å². The molecule has 0 N–H and O–H groups in total. The molecule has 0 heterocycles. The average Bonchev–Trinajstić information content (AvgIpc) is 2.69. The van der Waals surface area contributed by atoms with Gasteiger partial charge in [0.15, 0.2) is 5.78 Å². The summed E-state index contributed by atoms with van der Waals surface area (Å²) >= 11 is 0. The molecular formula is C26H34O. The van der Waals surface area contributed by atoms with Crippen LogP contribution in [0.15, 0.2) is 48.5 Å². The highest BCUT2D eigenvalue weighted by molar-refractivity contribution is 6.02. The van der Waals surface area contributed by atoms with E-state index in [0.717, 1.165) is 5.56 Å². The van der Waals surface area contributed by atoms with Crippen LogP contribution in [0, 0.1) is 5.92 Å². The zero-order valence-electron chi connectivity index (χ0n) is 17.4. The third kappa shape index (κ3) is 4.51. The van der Waals surface area contributed by atoms with Crippen molar-refractivity contribution in [2.45, 2.75) is 77.6 Å². The molecule has 0 radical (unpaired) electrons. The van der Waals surface area contributed by atoms with Gasteiger partial charge in [-0.15, -0.1) is 0 Å². The summed E-state index contributed by atoms with van der Waals surface area (Å²) in [7, 11) is 0. The molecule has 2 aromatic rings. The highest BCUT2D eigenvalue weighted by Gasteiger charge is 2.32. The fraction of sp³-hybridized carbons (Fsp3) is 0.500. The number of ketones is 1. The summed E-state index contributed by atoms with van der Waals surface area (Å²) in [5, 5.41) is 0. The molecule has 0 spiro atoms. The van der Waals surface area contributed by atoms with Crippen LogP contribution >= 0.6 is 0 Å². The molecular weight excluding hydrogens is 328 g/mol. The van der Waals surface area contributed by atoms with E-state index in [1.807, 2.05) is 6.07 Å². The fourth-order valence-corrected chi connectivity index (χ4v) is 4.58. The number of carbonyl (C=O) groups excluding carboxylic acids is 1. The van der Waals surface area contributed by atoms with Crippen LogP contribution in [0.2, 0.25) is 0 Å². The van der Waals surface area contributed by atoms with E-state index in [-0.39, 0.29) is 5.92 Å². The van der Waals surface area contributed by atoms with Gasteiger partial charge in [-0.3, -0.25) is 4.79 Å². The standard InChI is InChI=1S/C26H34O/c1-18(2)22-15-16-23(24(17-22)19(3)4)26(27)25(20-11-7-5-8-12-20)21-13-9-6-10-14-21/h5,7-8,11-12,15-19,21,25H,6,9-10,13-14H2,1-4H3. The Morgan fingerprint density at radius 1 is 0.815 bits per heavy atom. The van der Waals surface area contributed by atoms with Gasteiger partial charge < -0.3 is 0 Å². The van der Waals surface area contributed by atoms with Gasteiger partial charge in [-0.2, -0.15) is 0 Å². The normalized spacial score (nSPS) is 16.7. The maximum Gasteiger partial charge on any atom is 0.170 e. The average molecular weight is 363 g/mol. The monoisotopic (exact) mass is 362 g/mol. The Morgan fingerprint density at radius 3 is 2.07 bits per heavy atom. The maximum absolute atomic E-state index is 13.9. The minimum atomic E-state index is -0.00565. The number of Topliss-reactive ketones (excluding diaryl/α,β-unsaturated/α-hetero) is 1. The molecule has 1 aliphatic rings. The molecule has 2 aromatic carbocycles. The predicted octanol–water partition coefficient (Wildman–Crippen LogP) is 7.48. The van der Waals surface area contributed by atoms with Gasteiger partial charge in [-0.25, -0.2) is 0 Å². The largest absolute Gasteiger partial charge is 0.293 e. The number of rotatable bonds is 6. The van der Waals surface area contributed by atoms with E-state index in [9.17, 15) is 4.79 Å². The first-order valence-corrected chi connectivity index (χ1v) is 10.7. The Kier molecular flexibility index (Phi) is 6.52. The van der Waals surface area contributed by atoms with Gasteiger partial charge in [0, 0.05) is 5.56 Å². The molecule has 1 saturated carbocycles.